The zero-order chi connectivity index (χ0) is 19.5. The molecular weight excluding hydrogens is 372 g/mol. The molecule has 7 heteroatoms. The Hall–Kier alpha value is -2.80. The maximum Gasteiger partial charge on any atom is 0.257 e. The number of carbonyl (C=O) groups excluding carboxylic acids is 1. The Labute approximate surface area is 168 Å². The van der Waals surface area contributed by atoms with Gasteiger partial charge in [-0.15, -0.1) is 0 Å². The number of anilines is 2. The largest absolute Gasteiger partial charge is 0.370 e. The van der Waals surface area contributed by atoms with Crippen LogP contribution in [0, 0.1) is 13.8 Å². The molecule has 4 rings (SSSR count). The number of hydrogen-bond donors (Lipinski definition) is 1. The molecule has 2 aromatic carbocycles. The van der Waals surface area contributed by atoms with Gasteiger partial charge in [0.2, 0.25) is 0 Å². The van der Waals surface area contributed by atoms with E-state index in [4.69, 9.17) is 4.52 Å². The second-order valence-corrected chi connectivity index (χ2v) is 8.00. The highest BCUT2D eigenvalue weighted by molar-refractivity contribution is 7.99. The van der Waals surface area contributed by atoms with E-state index >= 15 is 0 Å². The Kier molecular flexibility index (Phi) is 5.34. The first-order valence-corrected chi connectivity index (χ1v) is 10.4. The second kappa shape index (κ2) is 8.06. The zero-order valence-electron chi connectivity index (χ0n) is 15.9. The molecule has 3 aromatic rings. The van der Waals surface area contributed by atoms with Crippen molar-refractivity contribution in [2.45, 2.75) is 13.8 Å². The predicted octanol–water partition coefficient (Wildman–Crippen LogP) is 4.16. The smallest absolute Gasteiger partial charge is 0.257 e. The standard InChI is InChI=1S/C21H22N4O2S/c1-14-13-18(25-9-11-28-12-10-25)7-8-19(14)23-20(26)16-3-5-17(6-4-16)21-22-15(2)24-27-21/h3-8,13H,9-12H2,1-2H3,(H,23,26). The molecule has 1 aromatic heterocycles. The van der Waals surface area contributed by atoms with E-state index in [1.54, 1.807) is 19.1 Å². The molecule has 0 spiro atoms. The Morgan fingerprint density at radius 3 is 2.50 bits per heavy atom. The molecule has 0 aliphatic carbocycles. The van der Waals surface area contributed by atoms with E-state index in [1.807, 2.05) is 36.9 Å². The SMILES string of the molecule is Cc1noc(-c2ccc(C(=O)Nc3ccc(N4CCSCC4)cc3C)cc2)n1. The summed E-state index contributed by atoms with van der Waals surface area (Å²) in [4.78, 5) is 19.2. The van der Waals surface area contributed by atoms with Gasteiger partial charge in [-0.2, -0.15) is 16.7 Å². The number of nitrogens with zero attached hydrogens (tertiary/aromatic N) is 3. The quantitative estimate of drug-likeness (QED) is 0.716. The van der Waals surface area contributed by atoms with E-state index in [0.717, 1.165) is 41.4 Å². The minimum Gasteiger partial charge on any atom is -0.370 e. The number of thioether (sulfide) groups is 1. The van der Waals surface area contributed by atoms with Crippen LogP contribution in [0.25, 0.3) is 11.5 Å². The van der Waals surface area contributed by atoms with Crippen LogP contribution in [0.1, 0.15) is 21.7 Å². The van der Waals surface area contributed by atoms with Gasteiger partial charge in [0, 0.05) is 47.1 Å². The Balaban J connectivity index is 1.45. The van der Waals surface area contributed by atoms with E-state index in [9.17, 15) is 4.79 Å². The van der Waals surface area contributed by atoms with Gasteiger partial charge in [0.15, 0.2) is 5.82 Å². The number of amides is 1. The number of rotatable bonds is 4. The van der Waals surface area contributed by atoms with Crippen LogP contribution in [0.2, 0.25) is 0 Å². The molecule has 1 aliphatic heterocycles. The van der Waals surface area contributed by atoms with Crippen molar-refractivity contribution in [2.24, 2.45) is 0 Å². The Bertz CT molecular complexity index is 978. The molecule has 2 heterocycles. The fourth-order valence-electron chi connectivity index (χ4n) is 3.18. The Morgan fingerprint density at radius 1 is 1.11 bits per heavy atom. The normalized spacial score (nSPS) is 14.1. The molecule has 28 heavy (non-hydrogen) atoms. The molecule has 1 saturated heterocycles. The van der Waals surface area contributed by atoms with Gasteiger partial charge in [0.1, 0.15) is 0 Å². The molecule has 144 valence electrons. The van der Waals surface area contributed by atoms with Crippen LogP contribution < -0.4 is 10.2 Å². The summed E-state index contributed by atoms with van der Waals surface area (Å²) in [5.41, 5.74) is 4.47. The first kappa shape index (κ1) is 18.6. The molecule has 0 bridgehead atoms. The molecule has 1 amide bonds. The third kappa shape index (κ3) is 4.04. The first-order chi connectivity index (χ1) is 13.6. The van der Waals surface area contributed by atoms with E-state index in [-0.39, 0.29) is 5.91 Å². The summed E-state index contributed by atoms with van der Waals surface area (Å²) in [6.07, 6.45) is 0. The lowest BCUT2D eigenvalue weighted by Crippen LogP contribution is -2.32. The summed E-state index contributed by atoms with van der Waals surface area (Å²) in [6, 6.07) is 13.4. The average molecular weight is 395 g/mol. The van der Waals surface area contributed by atoms with Crippen molar-refractivity contribution in [3.05, 3.63) is 59.4 Å². The van der Waals surface area contributed by atoms with Gasteiger partial charge >= 0.3 is 0 Å². The van der Waals surface area contributed by atoms with Crippen LogP contribution in [-0.4, -0.2) is 40.6 Å². The van der Waals surface area contributed by atoms with Gasteiger partial charge in [-0.25, -0.2) is 0 Å². The van der Waals surface area contributed by atoms with Gasteiger partial charge in [-0.05, 0) is 61.9 Å². The van der Waals surface area contributed by atoms with Crippen molar-refractivity contribution >= 4 is 29.0 Å². The molecule has 0 unspecified atom stereocenters. The third-order valence-corrected chi connectivity index (χ3v) is 5.70. The molecule has 0 radical (unpaired) electrons. The highest BCUT2D eigenvalue weighted by Crippen LogP contribution is 2.25. The van der Waals surface area contributed by atoms with Crippen LogP contribution in [0.4, 0.5) is 11.4 Å². The molecule has 0 saturated carbocycles. The number of aromatic nitrogens is 2. The molecule has 1 fully saturated rings. The summed E-state index contributed by atoms with van der Waals surface area (Å²) >= 11 is 2.00. The maximum absolute atomic E-state index is 12.6. The number of benzene rings is 2. The lowest BCUT2D eigenvalue weighted by atomic mass is 10.1. The van der Waals surface area contributed by atoms with E-state index < -0.39 is 0 Å². The van der Waals surface area contributed by atoms with Gasteiger partial charge in [-0.1, -0.05) is 5.16 Å². The van der Waals surface area contributed by atoms with Gasteiger partial charge in [-0.3, -0.25) is 4.79 Å². The van der Waals surface area contributed by atoms with E-state index in [1.165, 1.54) is 5.69 Å². The van der Waals surface area contributed by atoms with Crippen molar-refractivity contribution in [1.82, 2.24) is 10.1 Å². The monoisotopic (exact) mass is 394 g/mol. The van der Waals surface area contributed by atoms with Crippen LogP contribution >= 0.6 is 11.8 Å². The van der Waals surface area contributed by atoms with Crippen LogP contribution in [0.3, 0.4) is 0 Å². The second-order valence-electron chi connectivity index (χ2n) is 6.78. The minimum atomic E-state index is -0.140. The Morgan fingerprint density at radius 2 is 1.86 bits per heavy atom. The lowest BCUT2D eigenvalue weighted by molar-refractivity contribution is 0.102. The van der Waals surface area contributed by atoms with Crippen LogP contribution in [0.5, 0.6) is 0 Å². The first-order valence-electron chi connectivity index (χ1n) is 9.25. The van der Waals surface area contributed by atoms with Crippen LogP contribution in [0.15, 0.2) is 47.0 Å². The number of hydrogen-bond acceptors (Lipinski definition) is 6. The summed E-state index contributed by atoms with van der Waals surface area (Å²) in [6.45, 7) is 5.94. The minimum absolute atomic E-state index is 0.140. The predicted molar refractivity (Wildman–Crippen MR) is 113 cm³/mol. The van der Waals surface area contributed by atoms with Gasteiger partial charge < -0.3 is 14.7 Å². The van der Waals surface area contributed by atoms with Crippen molar-refractivity contribution < 1.29 is 9.32 Å². The molecule has 6 nitrogen and oxygen atoms in total. The van der Waals surface area contributed by atoms with E-state index in [0.29, 0.717) is 17.3 Å². The maximum atomic E-state index is 12.6. The number of carbonyl (C=O) groups is 1. The van der Waals surface area contributed by atoms with Crippen molar-refractivity contribution in [1.29, 1.82) is 0 Å². The molecular formula is C21H22N4O2S. The summed E-state index contributed by atoms with van der Waals surface area (Å²) in [7, 11) is 0. The third-order valence-electron chi connectivity index (χ3n) is 4.76. The van der Waals surface area contributed by atoms with E-state index in [2.05, 4.69) is 32.5 Å². The molecule has 1 N–H and O–H groups in total. The fourth-order valence-corrected chi connectivity index (χ4v) is 4.08. The number of nitrogens with one attached hydrogen (secondary N) is 1. The highest BCUT2D eigenvalue weighted by Gasteiger charge is 2.14. The topological polar surface area (TPSA) is 71.3 Å². The average Bonchev–Trinajstić information content (AvgIpc) is 3.16. The van der Waals surface area contributed by atoms with Crippen molar-refractivity contribution in [3.8, 4) is 11.5 Å². The van der Waals surface area contributed by atoms with Gasteiger partial charge in [0.25, 0.3) is 11.8 Å². The summed E-state index contributed by atoms with van der Waals surface area (Å²) < 4.78 is 5.16. The fraction of sp³-hybridized carbons (Fsp3) is 0.286. The molecule has 0 atom stereocenters. The van der Waals surface area contributed by atoms with Crippen molar-refractivity contribution in [3.63, 3.8) is 0 Å². The van der Waals surface area contributed by atoms with Crippen LogP contribution in [-0.2, 0) is 0 Å². The highest BCUT2D eigenvalue weighted by atomic mass is 32.2. The summed E-state index contributed by atoms with van der Waals surface area (Å²) in [5, 5.41) is 6.79. The van der Waals surface area contributed by atoms with Crippen molar-refractivity contribution in [2.75, 3.05) is 34.8 Å². The summed E-state index contributed by atoms with van der Waals surface area (Å²) in [5.74, 6) is 3.22. The van der Waals surface area contributed by atoms with Gasteiger partial charge in [0.05, 0.1) is 0 Å². The molecule has 1 aliphatic rings. The zero-order valence-corrected chi connectivity index (χ0v) is 16.8. The lowest BCUT2D eigenvalue weighted by Gasteiger charge is -2.29. The number of aryl methyl sites for hydroxylation is 2.